The zero-order chi connectivity index (χ0) is 14.0. The Kier molecular flexibility index (Phi) is 3.71. The topological polar surface area (TPSA) is 83.8 Å². The molecule has 0 fully saturated rings. The average molecular weight is 283 g/mol. The number of hydrogen-bond acceptors (Lipinski definition) is 3. The van der Waals surface area contributed by atoms with Crippen LogP contribution in [0.25, 0.3) is 0 Å². The Bertz CT molecular complexity index is 626. The number of nitrogens with two attached hydrogens (primary N) is 1. The summed E-state index contributed by atoms with van der Waals surface area (Å²) in [5.41, 5.74) is 6.71. The Morgan fingerprint density at radius 1 is 1.58 bits per heavy atom. The number of carbonyl (C=O) groups is 1. The van der Waals surface area contributed by atoms with Crippen LogP contribution in [0.15, 0.2) is 18.2 Å². The van der Waals surface area contributed by atoms with Crippen molar-refractivity contribution in [3.8, 4) is 0 Å². The molecule has 0 bridgehead atoms. The fourth-order valence-corrected chi connectivity index (χ4v) is 1.78. The van der Waals surface area contributed by atoms with Gasteiger partial charge in [-0.15, -0.1) is 0 Å². The molecule has 2 rings (SSSR count). The first-order valence-corrected chi connectivity index (χ1v) is 5.99. The summed E-state index contributed by atoms with van der Waals surface area (Å²) in [5.74, 6) is -1.17. The highest BCUT2D eigenvalue weighted by atomic mass is 35.5. The van der Waals surface area contributed by atoms with Gasteiger partial charge in [-0.3, -0.25) is 9.89 Å². The van der Waals surface area contributed by atoms with Gasteiger partial charge in [0.25, 0.3) is 5.91 Å². The van der Waals surface area contributed by atoms with E-state index in [-0.39, 0.29) is 17.1 Å². The van der Waals surface area contributed by atoms with Gasteiger partial charge in [0.05, 0.1) is 17.1 Å². The summed E-state index contributed by atoms with van der Waals surface area (Å²) in [6.45, 7) is 1.88. The van der Waals surface area contributed by atoms with Gasteiger partial charge < -0.3 is 11.1 Å². The van der Waals surface area contributed by atoms with Gasteiger partial charge in [-0.05, 0) is 24.6 Å². The molecule has 0 radical (unpaired) electrons. The third kappa shape index (κ3) is 2.68. The molecule has 0 aliphatic rings. The van der Waals surface area contributed by atoms with E-state index in [0.717, 1.165) is 0 Å². The molecule has 4 N–H and O–H groups in total. The van der Waals surface area contributed by atoms with Crippen LogP contribution in [0.4, 0.5) is 15.8 Å². The fourth-order valence-electron chi connectivity index (χ4n) is 1.60. The first-order chi connectivity index (χ1) is 9.02. The standard InChI is InChI=1S/C12H12ClFN4O/c1-2-8-10(15)11(18-17-8)12(19)16-9-5-6(13)3-4-7(9)14/h3-5H,2,15H2,1H3,(H,16,19)(H,17,18). The van der Waals surface area contributed by atoms with Crippen molar-refractivity contribution in [2.45, 2.75) is 13.3 Å². The number of aryl methyl sites for hydroxylation is 1. The second-order valence-electron chi connectivity index (χ2n) is 3.90. The smallest absolute Gasteiger partial charge is 0.278 e. The number of nitrogen functional groups attached to an aromatic ring is 1. The van der Waals surface area contributed by atoms with E-state index in [9.17, 15) is 9.18 Å². The van der Waals surface area contributed by atoms with Crippen molar-refractivity contribution in [1.82, 2.24) is 10.2 Å². The van der Waals surface area contributed by atoms with Crippen LogP contribution < -0.4 is 11.1 Å². The Morgan fingerprint density at radius 2 is 2.32 bits per heavy atom. The fraction of sp³-hybridized carbons (Fsp3) is 0.167. The molecular weight excluding hydrogens is 271 g/mol. The van der Waals surface area contributed by atoms with Crippen LogP contribution in [0, 0.1) is 5.82 Å². The molecular formula is C12H12ClFN4O. The molecule has 1 heterocycles. The van der Waals surface area contributed by atoms with Gasteiger partial charge in [-0.25, -0.2) is 4.39 Å². The summed E-state index contributed by atoms with van der Waals surface area (Å²) < 4.78 is 13.5. The number of nitrogens with zero attached hydrogens (tertiary/aromatic N) is 1. The Morgan fingerprint density at radius 3 is 2.95 bits per heavy atom. The highest BCUT2D eigenvalue weighted by molar-refractivity contribution is 6.31. The molecule has 19 heavy (non-hydrogen) atoms. The second-order valence-corrected chi connectivity index (χ2v) is 4.33. The second kappa shape index (κ2) is 5.27. The van der Waals surface area contributed by atoms with Crippen LogP contribution in [0.2, 0.25) is 5.02 Å². The van der Waals surface area contributed by atoms with Crippen LogP contribution in [0.3, 0.4) is 0 Å². The SMILES string of the molecule is CCc1[nH]nc(C(=O)Nc2cc(Cl)ccc2F)c1N. The van der Waals surface area contributed by atoms with E-state index in [4.69, 9.17) is 17.3 Å². The number of anilines is 2. The molecule has 1 aromatic carbocycles. The van der Waals surface area contributed by atoms with E-state index in [1.807, 2.05) is 6.92 Å². The van der Waals surface area contributed by atoms with Crippen molar-refractivity contribution in [2.24, 2.45) is 0 Å². The number of halogens is 2. The lowest BCUT2D eigenvalue weighted by Gasteiger charge is -2.05. The summed E-state index contributed by atoms with van der Waals surface area (Å²) in [6.07, 6.45) is 0.623. The predicted molar refractivity (Wildman–Crippen MR) is 71.7 cm³/mol. The van der Waals surface area contributed by atoms with Gasteiger partial charge in [0.2, 0.25) is 0 Å². The number of aromatic nitrogens is 2. The molecule has 2 aromatic rings. The van der Waals surface area contributed by atoms with Gasteiger partial charge in [-0.1, -0.05) is 18.5 Å². The summed E-state index contributed by atoms with van der Waals surface area (Å²) >= 11 is 5.74. The van der Waals surface area contributed by atoms with Crippen molar-refractivity contribution >= 4 is 28.9 Å². The van der Waals surface area contributed by atoms with Crippen molar-refractivity contribution < 1.29 is 9.18 Å². The molecule has 100 valence electrons. The van der Waals surface area contributed by atoms with Crippen molar-refractivity contribution in [2.75, 3.05) is 11.1 Å². The van der Waals surface area contributed by atoms with Crippen LogP contribution in [0.1, 0.15) is 23.1 Å². The maximum absolute atomic E-state index is 13.5. The Hall–Kier alpha value is -2.08. The maximum atomic E-state index is 13.5. The molecule has 0 atom stereocenters. The lowest BCUT2D eigenvalue weighted by atomic mass is 10.2. The van der Waals surface area contributed by atoms with Crippen LogP contribution in [0.5, 0.6) is 0 Å². The van der Waals surface area contributed by atoms with E-state index in [1.54, 1.807) is 0 Å². The molecule has 0 saturated heterocycles. The highest BCUT2D eigenvalue weighted by Crippen LogP contribution is 2.21. The number of aromatic amines is 1. The van der Waals surface area contributed by atoms with Gasteiger partial charge >= 0.3 is 0 Å². The lowest BCUT2D eigenvalue weighted by molar-refractivity contribution is 0.102. The van der Waals surface area contributed by atoms with E-state index < -0.39 is 11.7 Å². The number of benzene rings is 1. The predicted octanol–water partition coefficient (Wildman–Crippen LogP) is 2.60. The first-order valence-electron chi connectivity index (χ1n) is 5.62. The number of rotatable bonds is 3. The zero-order valence-electron chi connectivity index (χ0n) is 10.1. The van der Waals surface area contributed by atoms with E-state index >= 15 is 0 Å². The highest BCUT2D eigenvalue weighted by Gasteiger charge is 2.17. The number of H-pyrrole nitrogens is 1. The number of nitrogens with one attached hydrogen (secondary N) is 2. The number of hydrogen-bond donors (Lipinski definition) is 3. The van der Waals surface area contributed by atoms with Crippen molar-refractivity contribution in [3.63, 3.8) is 0 Å². The van der Waals surface area contributed by atoms with Gasteiger partial charge in [0, 0.05) is 5.02 Å². The zero-order valence-corrected chi connectivity index (χ0v) is 10.9. The van der Waals surface area contributed by atoms with E-state index in [2.05, 4.69) is 15.5 Å². The number of amides is 1. The van der Waals surface area contributed by atoms with Crippen molar-refractivity contribution in [1.29, 1.82) is 0 Å². The van der Waals surface area contributed by atoms with E-state index in [1.165, 1.54) is 18.2 Å². The summed E-state index contributed by atoms with van der Waals surface area (Å²) in [5, 5.41) is 9.18. The Labute approximate surface area is 114 Å². The van der Waals surface area contributed by atoms with Crippen LogP contribution in [-0.2, 0) is 6.42 Å². The molecule has 1 amide bonds. The molecule has 1 aromatic heterocycles. The normalized spacial score (nSPS) is 10.5. The number of carbonyl (C=O) groups excluding carboxylic acids is 1. The van der Waals surface area contributed by atoms with Gasteiger partial charge in [0.15, 0.2) is 5.69 Å². The average Bonchev–Trinajstić information content (AvgIpc) is 2.75. The molecule has 0 aliphatic heterocycles. The first kappa shape index (κ1) is 13.4. The summed E-state index contributed by atoms with van der Waals surface area (Å²) in [6, 6.07) is 3.88. The molecule has 0 unspecified atom stereocenters. The van der Waals surface area contributed by atoms with Crippen LogP contribution >= 0.6 is 11.6 Å². The quantitative estimate of drug-likeness (QED) is 0.809. The van der Waals surface area contributed by atoms with Crippen molar-refractivity contribution in [3.05, 3.63) is 40.4 Å². The monoisotopic (exact) mass is 282 g/mol. The third-order valence-electron chi connectivity index (χ3n) is 2.63. The maximum Gasteiger partial charge on any atom is 0.278 e. The van der Waals surface area contributed by atoms with Gasteiger partial charge in [0.1, 0.15) is 5.82 Å². The summed E-state index contributed by atoms with van der Waals surface area (Å²) in [4.78, 5) is 11.9. The minimum Gasteiger partial charge on any atom is -0.395 e. The summed E-state index contributed by atoms with van der Waals surface area (Å²) in [7, 11) is 0. The molecule has 0 saturated carbocycles. The molecule has 5 nitrogen and oxygen atoms in total. The molecule has 7 heteroatoms. The van der Waals surface area contributed by atoms with E-state index in [0.29, 0.717) is 17.1 Å². The largest absolute Gasteiger partial charge is 0.395 e. The third-order valence-corrected chi connectivity index (χ3v) is 2.86. The minimum atomic E-state index is -0.588. The minimum absolute atomic E-state index is 0.0158. The van der Waals surface area contributed by atoms with Crippen LogP contribution in [-0.4, -0.2) is 16.1 Å². The molecule has 0 spiro atoms. The lowest BCUT2D eigenvalue weighted by Crippen LogP contribution is -2.15. The Balaban J connectivity index is 2.25. The molecule has 0 aliphatic carbocycles. The van der Waals surface area contributed by atoms with Gasteiger partial charge in [-0.2, -0.15) is 5.10 Å².